The summed E-state index contributed by atoms with van der Waals surface area (Å²) in [5, 5.41) is 2.66. The first-order chi connectivity index (χ1) is 11.7. The van der Waals surface area contributed by atoms with Gasteiger partial charge in [0.1, 0.15) is 0 Å². The molecule has 25 heavy (non-hydrogen) atoms. The van der Waals surface area contributed by atoms with E-state index in [9.17, 15) is 18.0 Å². The van der Waals surface area contributed by atoms with E-state index in [1.807, 2.05) is 32.0 Å². The number of rotatable bonds is 5. The van der Waals surface area contributed by atoms with Crippen LogP contribution in [-0.4, -0.2) is 62.9 Å². The minimum Gasteiger partial charge on any atom is -0.383 e. The second-order valence-electron chi connectivity index (χ2n) is 6.27. The Kier molecular flexibility index (Phi) is 6.18. The summed E-state index contributed by atoms with van der Waals surface area (Å²) in [5.41, 5.74) is 2.31. The van der Waals surface area contributed by atoms with Gasteiger partial charge in [-0.25, -0.2) is 8.42 Å². The Bertz CT molecular complexity index is 740. The van der Waals surface area contributed by atoms with Crippen LogP contribution in [-0.2, 0) is 24.2 Å². The number of nitrogens with zero attached hydrogens (tertiary/aromatic N) is 1. The number of amides is 2. The molecule has 1 atom stereocenters. The first kappa shape index (κ1) is 19.4. The Labute approximate surface area is 148 Å². The number of carbonyl (C=O) groups excluding carboxylic acids is 2. The van der Waals surface area contributed by atoms with Crippen LogP contribution in [0, 0.1) is 13.8 Å². The lowest BCUT2D eigenvalue weighted by atomic mass is 10.1. The molecule has 7 nitrogen and oxygen atoms in total. The molecule has 0 bridgehead atoms. The SMILES string of the molecule is COCCN(C(=O)C(=O)Nc1c(C)cccc1C)C1CCS(=O)(=O)C1. The van der Waals surface area contributed by atoms with E-state index < -0.39 is 27.7 Å². The fraction of sp³-hybridized carbons (Fsp3) is 0.529. The predicted molar refractivity (Wildman–Crippen MR) is 95.2 cm³/mol. The third-order valence-corrected chi connectivity index (χ3v) is 6.11. The lowest BCUT2D eigenvalue weighted by Gasteiger charge is -2.27. The molecule has 0 spiro atoms. The number of anilines is 1. The van der Waals surface area contributed by atoms with Crippen LogP contribution >= 0.6 is 0 Å². The number of sulfone groups is 1. The number of ether oxygens (including phenoxy) is 1. The Balaban J connectivity index is 2.16. The first-order valence-corrected chi connectivity index (χ1v) is 9.95. The summed E-state index contributed by atoms with van der Waals surface area (Å²) in [5.74, 6) is -1.58. The molecule has 2 amide bonds. The van der Waals surface area contributed by atoms with Crippen LogP contribution < -0.4 is 5.32 Å². The van der Waals surface area contributed by atoms with Crippen molar-refractivity contribution in [2.75, 3.05) is 37.1 Å². The van der Waals surface area contributed by atoms with Crippen LogP contribution in [0.3, 0.4) is 0 Å². The van der Waals surface area contributed by atoms with Crippen molar-refractivity contribution >= 4 is 27.3 Å². The maximum atomic E-state index is 12.6. The number of hydrogen-bond donors (Lipinski definition) is 1. The maximum absolute atomic E-state index is 12.6. The van der Waals surface area contributed by atoms with Crippen LogP contribution in [0.4, 0.5) is 5.69 Å². The van der Waals surface area contributed by atoms with E-state index in [4.69, 9.17) is 4.74 Å². The number of nitrogens with one attached hydrogen (secondary N) is 1. The van der Waals surface area contributed by atoms with Gasteiger partial charge in [-0.1, -0.05) is 18.2 Å². The highest BCUT2D eigenvalue weighted by Crippen LogP contribution is 2.21. The zero-order valence-electron chi connectivity index (χ0n) is 14.7. The van der Waals surface area contributed by atoms with Gasteiger partial charge in [0, 0.05) is 25.4 Å². The Morgan fingerprint density at radius 3 is 2.44 bits per heavy atom. The standard InChI is InChI=1S/C17H24N2O5S/c1-12-5-4-6-13(2)15(12)18-16(20)17(21)19(8-9-24-3)14-7-10-25(22,23)11-14/h4-6,14H,7-11H2,1-3H3,(H,18,20). The van der Waals surface area contributed by atoms with Gasteiger partial charge in [0.05, 0.1) is 18.1 Å². The molecule has 1 aliphatic rings. The van der Waals surface area contributed by atoms with Crippen LogP contribution in [0.5, 0.6) is 0 Å². The minimum absolute atomic E-state index is 0.0347. The minimum atomic E-state index is -3.16. The van der Waals surface area contributed by atoms with Gasteiger partial charge >= 0.3 is 11.8 Å². The highest BCUT2D eigenvalue weighted by atomic mass is 32.2. The van der Waals surface area contributed by atoms with E-state index >= 15 is 0 Å². The monoisotopic (exact) mass is 368 g/mol. The van der Waals surface area contributed by atoms with E-state index in [0.717, 1.165) is 11.1 Å². The van der Waals surface area contributed by atoms with Gasteiger partial charge in [-0.05, 0) is 31.4 Å². The largest absolute Gasteiger partial charge is 0.383 e. The molecule has 0 aliphatic carbocycles. The summed E-state index contributed by atoms with van der Waals surface area (Å²) < 4.78 is 28.4. The number of aryl methyl sites for hydroxylation is 2. The van der Waals surface area contributed by atoms with Gasteiger partial charge in [-0.2, -0.15) is 0 Å². The van der Waals surface area contributed by atoms with Crippen LogP contribution in [0.2, 0.25) is 0 Å². The van der Waals surface area contributed by atoms with Gasteiger partial charge in [-0.15, -0.1) is 0 Å². The quantitative estimate of drug-likeness (QED) is 0.780. The lowest BCUT2D eigenvalue weighted by Crippen LogP contribution is -2.48. The molecule has 1 aromatic carbocycles. The summed E-state index contributed by atoms with van der Waals surface area (Å²) in [7, 11) is -1.67. The lowest BCUT2D eigenvalue weighted by molar-refractivity contribution is -0.144. The third kappa shape index (κ3) is 4.79. The van der Waals surface area contributed by atoms with Crippen molar-refractivity contribution in [3.63, 3.8) is 0 Å². The second kappa shape index (κ2) is 7.97. The van der Waals surface area contributed by atoms with Crippen LogP contribution in [0.1, 0.15) is 17.5 Å². The topological polar surface area (TPSA) is 92.8 Å². The van der Waals surface area contributed by atoms with E-state index in [0.29, 0.717) is 12.1 Å². The molecule has 1 N–H and O–H groups in total. The number of benzene rings is 1. The summed E-state index contributed by atoms with van der Waals surface area (Å²) in [6, 6.07) is 5.08. The van der Waals surface area contributed by atoms with E-state index in [1.54, 1.807) is 0 Å². The van der Waals surface area contributed by atoms with Crippen molar-refractivity contribution < 1.29 is 22.7 Å². The molecule has 1 aliphatic heterocycles. The summed E-state index contributed by atoms with van der Waals surface area (Å²) in [6.07, 6.45) is 0.342. The number of methoxy groups -OCH3 is 1. The van der Waals surface area contributed by atoms with Gasteiger partial charge in [-0.3, -0.25) is 9.59 Å². The van der Waals surface area contributed by atoms with Gasteiger partial charge in [0.2, 0.25) is 0 Å². The molecule has 0 aromatic heterocycles. The molecule has 0 saturated carbocycles. The molecular formula is C17H24N2O5S. The van der Waals surface area contributed by atoms with Crippen molar-refractivity contribution in [3.05, 3.63) is 29.3 Å². The smallest absolute Gasteiger partial charge is 0.313 e. The molecule has 0 radical (unpaired) electrons. The highest BCUT2D eigenvalue weighted by Gasteiger charge is 2.36. The molecule has 1 unspecified atom stereocenters. The van der Waals surface area contributed by atoms with Crippen molar-refractivity contribution in [1.29, 1.82) is 0 Å². The summed E-state index contributed by atoms with van der Waals surface area (Å²) >= 11 is 0. The average molecular weight is 368 g/mol. The Morgan fingerprint density at radius 2 is 1.92 bits per heavy atom. The van der Waals surface area contributed by atoms with Crippen LogP contribution in [0.25, 0.3) is 0 Å². The van der Waals surface area contributed by atoms with Crippen molar-refractivity contribution in [2.45, 2.75) is 26.3 Å². The molecular weight excluding hydrogens is 344 g/mol. The molecule has 1 heterocycles. The van der Waals surface area contributed by atoms with E-state index in [-0.39, 0.29) is 24.7 Å². The fourth-order valence-electron chi connectivity index (χ4n) is 2.97. The van der Waals surface area contributed by atoms with Gasteiger partial charge in [0.25, 0.3) is 0 Å². The van der Waals surface area contributed by atoms with E-state index in [1.165, 1.54) is 12.0 Å². The first-order valence-electron chi connectivity index (χ1n) is 8.12. The third-order valence-electron chi connectivity index (χ3n) is 4.36. The van der Waals surface area contributed by atoms with E-state index in [2.05, 4.69) is 5.32 Å². The number of carbonyl (C=O) groups is 2. The zero-order chi connectivity index (χ0) is 18.6. The highest BCUT2D eigenvalue weighted by molar-refractivity contribution is 7.91. The van der Waals surface area contributed by atoms with Crippen molar-refractivity contribution in [1.82, 2.24) is 4.90 Å². The maximum Gasteiger partial charge on any atom is 0.313 e. The van der Waals surface area contributed by atoms with Gasteiger partial charge in [0.15, 0.2) is 9.84 Å². The molecule has 8 heteroatoms. The van der Waals surface area contributed by atoms with Crippen molar-refractivity contribution in [2.24, 2.45) is 0 Å². The zero-order valence-corrected chi connectivity index (χ0v) is 15.6. The predicted octanol–water partition coefficient (Wildman–Crippen LogP) is 0.904. The molecule has 1 saturated heterocycles. The average Bonchev–Trinajstić information content (AvgIpc) is 2.91. The molecule has 1 aromatic rings. The fourth-order valence-corrected chi connectivity index (χ4v) is 4.70. The summed E-state index contributed by atoms with van der Waals surface area (Å²) in [6.45, 7) is 4.10. The van der Waals surface area contributed by atoms with Crippen molar-refractivity contribution in [3.8, 4) is 0 Å². The van der Waals surface area contributed by atoms with Crippen LogP contribution in [0.15, 0.2) is 18.2 Å². The normalized spacial score (nSPS) is 18.8. The molecule has 138 valence electrons. The Hall–Kier alpha value is -1.93. The number of para-hydroxylation sites is 1. The molecule has 1 fully saturated rings. The Morgan fingerprint density at radius 1 is 1.28 bits per heavy atom. The van der Waals surface area contributed by atoms with Gasteiger partial charge < -0.3 is 15.0 Å². The number of hydrogen-bond acceptors (Lipinski definition) is 5. The second-order valence-corrected chi connectivity index (χ2v) is 8.50. The molecule has 2 rings (SSSR count). The summed E-state index contributed by atoms with van der Waals surface area (Å²) in [4.78, 5) is 26.4.